The van der Waals surface area contributed by atoms with Crippen LogP contribution < -0.4 is 0 Å². The lowest BCUT2D eigenvalue weighted by atomic mass is 9.86. The fraction of sp³-hybridized carbons (Fsp3) is 0.857. The van der Waals surface area contributed by atoms with E-state index in [1.54, 1.807) is 0 Å². The van der Waals surface area contributed by atoms with Crippen molar-refractivity contribution in [3.05, 3.63) is 0 Å². The van der Waals surface area contributed by atoms with Crippen LogP contribution in [0.3, 0.4) is 0 Å². The minimum absolute atomic E-state index is 0.00190. The smallest absolute Gasteiger partial charge is 0.240 e. The zero-order valence-corrected chi connectivity index (χ0v) is 11.4. The Kier molecular flexibility index (Phi) is 4.99. The van der Waals surface area contributed by atoms with E-state index in [0.717, 1.165) is 18.8 Å². The summed E-state index contributed by atoms with van der Waals surface area (Å²) in [7, 11) is 1.86. The summed E-state index contributed by atoms with van der Waals surface area (Å²) in [5, 5.41) is 9.06. The minimum Gasteiger partial charge on any atom is -0.342 e. The molecule has 96 valence electrons. The molecule has 1 aliphatic rings. The van der Waals surface area contributed by atoms with Crippen LogP contribution in [0.15, 0.2) is 0 Å². The highest BCUT2D eigenvalue weighted by Gasteiger charge is 2.30. The van der Waals surface area contributed by atoms with Crippen molar-refractivity contribution in [2.45, 2.75) is 52.5 Å². The van der Waals surface area contributed by atoms with Gasteiger partial charge >= 0.3 is 0 Å². The molecule has 17 heavy (non-hydrogen) atoms. The van der Waals surface area contributed by atoms with Gasteiger partial charge in [-0.15, -0.1) is 0 Å². The molecule has 1 saturated carbocycles. The van der Waals surface area contributed by atoms with Gasteiger partial charge in [-0.3, -0.25) is 4.79 Å². The van der Waals surface area contributed by atoms with Gasteiger partial charge in [0, 0.05) is 13.1 Å². The SMILES string of the molecule is CC1CCC(N(C)C(=O)C(C#N)C(C)C)CC1. The van der Waals surface area contributed by atoms with E-state index < -0.39 is 5.92 Å². The van der Waals surface area contributed by atoms with Crippen LogP contribution >= 0.6 is 0 Å². The van der Waals surface area contributed by atoms with E-state index in [1.165, 1.54) is 12.8 Å². The molecule has 1 fully saturated rings. The van der Waals surface area contributed by atoms with E-state index in [-0.39, 0.29) is 11.8 Å². The Balaban J connectivity index is 2.60. The molecule has 0 radical (unpaired) electrons. The van der Waals surface area contributed by atoms with Gasteiger partial charge in [-0.2, -0.15) is 5.26 Å². The summed E-state index contributed by atoms with van der Waals surface area (Å²) >= 11 is 0. The highest BCUT2D eigenvalue weighted by Crippen LogP contribution is 2.27. The normalized spacial score (nSPS) is 26.4. The Morgan fingerprint density at radius 3 is 2.24 bits per heavy atom. The Labute approximate surface area is 105 Å². The lowest BCUT2D eigenvalue weighted by Gasteiger charge is -2.35. The summed E-state index contributed by atoms with van der Waals surface area (Å²) in [5.41, 5.74) is 0. The van der Waals surface area contributed by atoms with Crippen molar-refractivity contribution in [1.82, 2.24) is 4.90 Å². The summed E-state index contributed by atoms with van der Waals surface area (Å²) in [6, 6.07) is 2.48. The Bertz CT molecular complexity index is 298. The predicted molar refractivity (Wildman–Crippen MR) is 68.1 cm³/mol. The van der Waals surface area contributed by atoms with Gasteiger partial charge in [-0.1, -0.05) is 20.8 Å². The van der Waals surface area contributed by atoms with E-state index in [2.05, 4.69) is 13.0 Å². The molecule has 1 unspecified atom stereocenters. The zero-order chi connectivity index (χ0) is 13.0. The Hall–Kier alpha value is -1.04. The van der Waals surface area contributed by atoms with E-state index >= 15 is 0 Å². The fourth-order valence-corrected chi connectivity index (χ4v) is 2.52. The topological polar surface area (TPSA) is 44.1 Å². The molecule has 3 nitrogen and oxygen atoms in total. The second kappa shape index (κ2) is 6.05. The first kappa shape index (κ1) is 14.0. The van der Waals surface area contributed by atoms with E-state index in [1.807, 2.05) is 25.8 Å². The van der Waals surface area contributed by atoms with Gasteiger partial charge in [-0.05, 0) is 37.5 Å². The molecule has 0 aromatic carbocycles. The second-order valence-corrected chi connectivity index (χ2v) is 5.71. The summed E-state index contributed by atoms with van der Waals surface area (Å²) in [5.74, 6) is 0.394. The minimum atomic E-state index is -0.487. The molecular formula is C14H24N2O. The number of hydrogen-bond acceptors (Lipinski definition) is 2. The molecule has 1 rings (SSSR count). The maximum Gasteiger partial charge on any atom is 0.240 e. The van der Waals surface area contributed by atoms with Crippen LogP contribution in [0.1, 0.15) is 46.5 Å². The van der Waals surface area contributed by atoms with Crippen molar-refractivity contribution in [2.24, 2.45) is 17.8 Å². The molecule has 0 aromatic heterocycles. The van der Waals surface area contributed by atoms with Crippen LogP contribution in [-0.4, -0.2) is 23.9 Å². The molecule has 0 heterocycles. The number of amides is 1. The van der Waals surface area contributed by atoms with Gasteiger partial charge < -0.3 is 4.90 Å². The predicted octanol–water partition coefficient (Wildman–Crippen LogP) is 2.82. The average Bonchev–Trinajstić information content (AvgIpc) is 2.29. The van der Waals surface area contributed by atoms with Gasteiger partial charge in [0.05, 0.1) is 6.07 Å². The Morgan fingerprint density at radius 2 is 1.82 bits per heavy atom. The Morgan fingerprint density at radius 1 is 1.29 bits per heavy atom. The first-order chi connectivity index (χ1) is 7.97. The van der Waals surface area contributed by atoms with Crippen LogP contribution in [0, 0.1) is 29.1 Å². The lowest BCUT2D eigenvalue weighted by Crippen LogP contribution is -2.43. The van der Waals surface area contributed by atoms with E-state index in [0.29, 0.717) is 6.04 Å². The van der Waals surface area contributed by atoms with Gasteiger partial charge in [0.15, 0.2) is 0 Å². The van der Waals surface area contributed by atoms with Crippen molar-refractivity contribution in [1.29, 1.82) is 5.26 Å². The molecule has 0 aromatic rings. The molecule has 1 atom stereocenters. The van der Waals surface area contributed by atoms with Gasteiger partial charge in [0.25, 0.3) is 0 Å². The second-order valence-electron chi connectivity index (χ2n) is 5.71. The maximum absolute atomic E-state index is 12.2. The third-order valence-corrected chi connectivity index (χ3v) is 3.95. The first-order valence-electron chi connectivity index (χ1n) is 6.63. The summed E-state index contributed by atoms with van der Waals surface area (Å²) in [4.78, 5) is 14.0. The first-order valence-corrected chi connectivity index (χ1v) is 6.63. The molecule has 0 aliphatic heterocycles. The lowest BCUT2D eigenvalue weighted by molar-refractivity contribution is -0.136. The molecule has 0 spiro atoms. The molecule has 0 N–H and O–H groups in total. The van der Waals surface area contributed by atoms with Crippen LogP contribution in [0.25, 0.3) is 0 Å². The van der Waals surface area contributed by atoms with E-state index in [9.17, 15) is 4.79 Å². The van der Waals surface area contributed by atoms with Crippen LogP contribution in [0.5, 0.6) is 0 Å². The number of nitriles is 1. The highest BCUT2D eigenvalue weighted by molar-refractivity contribution is 5.81. The van der Waals surface area contributed by atoms with Crippen LogP contribution in [-0.2, 0) is 4.79 Å². The van der Waals surface area contributed by atoms with Gasteiger partial charge in [0.1, 0.15) is 5.92 Å². The molecule has 0 saturated heterocycles. The maximum atomic E-state index is 12.2. The van der Waals surface area contributed by atoms with Crippen LogP contribution in [0.2, 0.25) is 0 Å². The molecule has 1 aliphatic carbocycles. The van der Waals surface area contributed by atoms with Gasteiger partial charge in [-0.25, -0.2) is 0 Å². The number of nitrogens with zero attached hydrogens (tertiary/aromatic N) is 2. The monoisotopic (exact) mass is 236 g/mol. The molecule has 3 heteroatoms. The summed E-state index contributed by atoms with van der Waals surface area (Å²) in [6.07, 6.45) is 4.56. The van der Waals surface area contributed by atoms with Crippen molar-refractivity contribution < 1.29 is 4.79 Å². The summed E-state index contributed by atoms with van der Waals surface area (Å²) in [6.45, 7) is 6.13. The van der Waals surface area contributed by atoms with Gasteiger partial charge in [0.2, 0.25) is 5.91 Å². The number of carbonyl (C=O) groups excluding carboxylic acids is 1. The number of carbonyl (C=O) groups is 1. The zero-order valence-electron chi connectivity index (χ0n) is 11.4. The number of hydrogen-bond donors (Lipinski definition) is 0. The fourth-order valence-electron chi connectivity index (χ4n) is 2.52. The third-order valence-electron chi connectivity index (χ3n) is 3.95. The molecule has 1 amide bonds. The molecular weight excluding hydrogens is 212 g/mol. The molecule has 0 bridgehead atoms. The van der Waals surface area contributed by atoms with Crippen LogP contribution in [0.4, 0.5) is 0 Å². The van der Waals surface area contributed by atoms with Crippen molar-refractivity contribution in [3.63, 3.8) is 0 Å². The summed E-state index contributed by atoms with van der Waals surface area (Å²) < 4.78 is 0. The quantitative estimate of drug-likeness (QED) is 0.756. The van der Waals surface area contributed by atoms with Crippen molar-refractivity contribution in [3.8, 4) is 6.07 Å². The van der Waals surface area contributed by atoms with E-state index in [4.69, 9.17) is 5.26 Å². The largest absolute Gasteiger partial charge is 0.342 e. The highest BCUT2D eigenvalue weighted by atomic mass is 16.2. The standard InChI is InChI=1S/C14H24N2O/c1-10(2)13(9-15)14(17)16(4)12-7-5-11(3)6-8-12/h10-13H,5-8H2,1-4H3. The average molecular weight is 236 g/mol. The van der Waals surface area contributed by atoms with Crippen molar-refractivity contribution >= 4 is 5.91 Å². The van der Waals surface area contributed by atoms with Crippen molar-refractivity contribution in [2.75, 3.05) is 7.05 Å². The number of rotatable bonds is 3. The third kappa shape index (κ3) is 3.46.